The minimum atomic E-state index is -0.288. The number of amides is 1. The Kier molecular flexibility index (Phi) is 9.16. The number of rotatable bonds is 10. The molecule has 5 unspecified atom stereocenters. The first-order chi connectivity index (χ1) is 17.2. The van der Waals surface area contributed by atoms with Crippen LogP contribution in [0.3, 0.4) is 0 Å². The van der Waals surface area contributed by atoms with Gasteiger partial charge in [-0.05, 0) is 104 Å². The highest BCUT2D eigenvalue weighted by atomic mass is 16.6. The average molecular weight is 502 g/mol. The number of unbranched alkanes of at least 4 members (excludes halogenated alkanes) is 1. The number of aliphatic hydroxyl groups is 1. The molecule has 4 rings (SSSR count). The molecule has 8 atom stereocenters. The van der Waals surface area contributed by atoms with Crippen LogP contribution in [0.15, 0.2) is 11.6 Å². The Morgan fingerprint density at radius 1 is 1.06 bits per heavy atom. The minimum Gasteiger partial charge on any atom is -0.446 e. The zero-order chi connectivity index (χ0) is 25.9. The van der Waals surface area contributed by atoms with Crippen molar-refractivity contribution in [3.05, 3.63) is 11.6 Å². The smallest absolute Gasteiger partial charge is 0.407 e. The van der Waals surface area contributed by atoms with Gasteiger partial charge in [-0.15, -0.1) is 0 Å². The normalized spacial score (nSPS) is 38.5. The van der Waals surface area contributed by atoms with Gasteiger partial charge in [-0.25, -0.2) is 4.79 Å². The molecule has 206 valence electrons. The molecule has 0 heterocycles. The number of fused-ring (bicyclic) bond motifs is 5. The summed E-state index contributed by atoms with van der Waals surface area (Å²) in [5, 5.41) is 11.8. The Balaban J connectivity index is 1.36. The minimum absolute atomic E-state index is 0.00937. The maximum absolute atomic E-state index is 12.3. The summed E-state index contributed by atoms with van der Waals surface area (Å²) in [6.07, 6.45) is 18.0. The van der Waals surface area contributed by atoms with Crippen LogP contribution in [0.5, 0.6) is 0 Å². The second kappa shape index (κ2) is 11.8. The third kappa shape index (κ3) is 5.69. The fraction of sp³-hybridized carbons (Fsp3) is 0.906. The van der Waals surface area contributed by atoms with Crippen molar-refractivity contribution >= 4 is 6.09 Å². The number of hydrogen-bond acceptors (Lipinski definition) is 3. The van der Waals surface area contributed by atoms with Gasteiger partial charge in [0, 0.05) is 19.6 Å². The van der Waals surface area contributed by atoms with Crippen molar-refractivity contribution in [2.45, 2.75) is 124 Å². The van der Waals surface area contributed by atoms with E-state index in [0.29, 0.717) is 17.4 Å². The summed E-state index contributed by atoms with van der Waals surface area (Å²) in [6, 6.07) is 0. The predicted octanol–water partition coefficient (Wildman–Crippen LogP) is 7.90. The van der Waals surface area contributed by atoms with Crippen molar-refractivity contribution in [2.75, 3.05) is 13.2 Å². The molecule has 0 radical (unpaired) electrons. The molecule has 0 aliphatic heterocycles. The van der Waals surface area contributed by atoms with Crippen molar-refractivity contribution < 1.29 is 14.6 Å². The van der Waals surface area contributed by atoms with Crippen molar-refractivity contribution in [2.24, 2.45) is 46.3 Å². The Labute approximate surface area is 221 Å². The maximum atomic E-state index is 12.3. The van der Waals surface area contributed by atoms with E-state index in [4.69, 9.17) is 9.84 Å². The summed E-state index contributed by atoms with van der Waals surface area (Å²) in [7, 11) is 0. The van der Waals surface area contributed by atoms with Gasteiger partial charge in [0.1, 0.15) is 6.10 Å². The van der Waals surface area contributed by atoms with Crippen LogP contribution in [0.4, 0.5) is 4.79 Å². The second-order valence-electron chi connectivity index (χ2n) is 13.9. The van der Waals surface area contributed by atoms with Gasteiger partial charge in [-0.2, -0.15) is 0 Å². The van der Waals surface area contributed by atoms with Gasteiger partial charge in [0.2, 0.25) is 0 Å². The fourth-order valence-corrected chi connectivity index (χ4v) is 9.37. The molecule has 1 amide bonds. The third-order valence-corrected chi connectivity index (χ3v) is 11.4. The van der Waals surface area contributed by atoms with E-state index in [1.54, 1.807) is 5.57 Å². The molecular weight excluding hydrogens is 446 g/mol. The first kappa shape index (κ1) is 28.0. The van der Waals surface area contributed by atoms with E-state index in [-0.39, 0.29) is 18.8 Å². The summed E-state index contributed by atoms with van der Waals surface area (Å²) in [4.78, 5) is 12.3. The van der Waals surface area contributed by atoms with Crippen LogP contribution in [0.1, 0.15) is 118 Å². The Hall–Kier alpha value is -1.03. The van der Waals surface area contributed by atoms with Crippen LogP contribution in [-0.4, -0.2) is 30.5 Å². The lowest BCUT2D eigenvalue weighted by molar-refractivity contribution is -0.0581. The van der Waals surface area contributed by atoms with E-state index in [2.05, 4.69) is 46.0 Å². The van der Waals surface area contributed by atoms with Crippen LogP contribution in [0.2, 0.25) is 0 Å². The summed E-state index contributed by atoms with van der Waals surface area (Å²) >= 11 is 0. The lowest BCUT2D eigenvalue weighted by Crippen LogP contribution is -2.51. The van der Waals surface area contributed by atoms with Crippen LogP contribution >= 0.6 is 0 Å². The van der Waals surface area contributed by atoms with Crippen LogP contribution < -0.4 is 5.32 Å². The highest BCUT2D eigenvalue weighted by Crippen LogP contribution is 2.67. The molecule has 4 aliphatic rings. The van der Waals surface area contributed by atoms with E-state index < -0.39 is 0 Å². The second-order valence-corrected chi connectivity index (χ2v) is 13.9. The summed E-state index contributed by atoms with van der Waals surface area (Å²) in [5.41, 5.74) is 2.41. The quantitative estimate of drug-likeness (QED) is 0.236. The third-order valence-electron chi connectivity index (χ3n) is 11.4. The summed E-state index contributed by atoms with van der Waals surface area (Å²) < 4.78 is 5.82. The fourth-order valence-electron chi connectivity index (χ4n) is 9.37. The number of aliphatic hydroxyl groups excluding tert-OH is 1. The van der Waals surface area contributed by atoms with Crippen molar-refractivity contribution in [3.8, 4) is 0 Å². The van der Waals surface area contributed by atoms with Gasteiger partial charge >= 0.3 is 6.09 Å². The first-order valence-corrected chi connectivity index (χ1v) is 15.4. The molecule has 0 aromatic heterocycles. The Morgan fingerprint density at radius 2 is 1.86 bits per heavy atom. The molecule has 0 spiro atoms. The Morgan fingerprint density at radius 3 is 2.61 bits per heavy atom. The summed E-state index contributed by atoms with van der Waals surface area (Å²) in [6.45, 7) is 13.3. The molecule has 0 aromatic carbocycles. The van der Waals surface area contributed by atoms with E-state index in [1.807, 2.05) is 0 Å². The molecule has 4 heteroatoms. The van der Waals surface area contributed by atoms with E-state index in [1.165, 1.54) is 51.4 Å². The van der Waals surface area contributed by atoms with Crippen LogP contribution in [-0.2, 0) is 4.74 Å². The van der Waals surface area contributed by atoms with E-state index >= 15 is 0 Å². The number of alkyl carbamates (subject to hydrolysis) is 1. The standard InChI is InChI=1S/C32H55NO3/c1-22(2)9-8-10-23(3)27-13-14-28-26-12-11-24-21-25(36-30(35)33-19-6-7-20-34)15-17-31(24,4)29(26)16-18-32(27,28)5/h11,22-23,25-29,34H,6-10,12-21H2,1-5H3,(H,33,35)/t23?,25?,26?,27?,28-,29?,31-,32+/m0/s1. The van der Waals surface area contributed by atoms with Gasteiger partial charge < -0.3 is 15.2 Å². The molecule has 0 aromatic rings. The monoisotopic (exact) mass is 501 g/mol. The zero-order valence-corrected chi connectivity index (χ0v) is 24.0. The van der Waals surface area contributed by atoms with Crippen molar-refractivity contribution in [1.29, 1.82) is 0 Å². The highest BCUT2D eigenvalue weighted by Gasteiger charge is 2.59. The molecular formula is C32H55NO3. The first-order valence-electron chi connectivity index (χ1n) is 15.4. The average Bonchev–Trinajstić information content (AvgIpc) is 3.19. The van der Waals surface area contributed by atoms with E-state index in [9.17, 15) is 4.79 Å². The molecule has 3 fully saturated rings. The van der Waals surface area contributed by atoms with Gasteiger partial charge in [-0.1, -0.05) is 65.5 Å². The largest absolute Gasteiger partial charge is 0.446 e. The number of allylic oxidation sites excluding steroid dienone is 1. The molecule has 0 saturated heterocycles. The number of hydrogen-bond donors (Lipinski definition) is 2. The number of ether oxygens (including phenoxy) is 1. The van der Waals surface area contributed by atoms with Gasteiger partial charge in [0.25, 0.3) is 0 Å². The lowest BCUT2D eigenvalue weighted by atomic mass is 9.47. The topological polar surface area (TPSA) is 58.6 Å². The van der Waals surface area contributed by atoms with Gasteiger partial charge in [0.15, 0.2) is 0 Å². The lowest BCUT2D eigenvalue weighted by Gasteiger charge is -2.58. The van der Waals surface area contributed by atoms with Crippen LogP contribution in [0, 0.1) is 46.3 Å². The maximum Gasteiger partial charge on any atom is 0.407 e. The number of carbonyl (C=O) groups is 1. The predicted molar refractivity (Wildman–Crippen MR) is 148 cm³/mol. The molecule has 4 nitrogen and oxygen atoms in total. The summed E-state index contributed by atoms with van der Waals surface area (Å²) in [5.74, 6) is 5.14. The zero-order valence-electron chi connectivity index (χ0n) is 24.0. The number of carbonyl (C=O) groups excluding carboxylic acids is 1. The molecule has 3 saturated carbocycles. The van der Waals surface area contributed by atoms with E-state index in [0.717, 1.165) is 67.6 Å². The van der Waals surface area contributed by atoms with Crippen molar-refractivity contribution in [1.82, 2.24) is 5.32 Å². The molecule has 36 heavy (non-hydrogen) atoms. The van der Waals surface area contributed by atoms with Crippen LogP contribution in [0.25, 0.3) is 0 Å². The molecule has 4 aliphatic carbocycles. The SMILES string of the molecule is CC(C)CCCC(C)C1CC[C@H]2C3CC=C4CC(OC(=O)NCCCCO)CC[C@]4(C)C3CC[C@]12C. The van der Waals surface area contributed by atoms with Crippen molar-refractivity contribution in [3.63, 3.8) is 0 Å². The Bertz CT molecular complexity index is 777. The van der Waals surface area contributed by atoms with Gasteiger partial charge in [-0.3, -0.25) is 0 Å². The van der Waals surface area contributed by atoms with Gasteiger partial charge in [0.05, 0.1) is 0 Å². The molecule has 2 N–H and O–H groups in total. The molecule has 0 bridgehead atoms. The number of nitrogens with one attached hydrogen (secondary N) is 1. The highest BCUT2D eigenvalue weighted by molar-refractivity contribution is 5.67.